The molecule has 0 saturated carbocycles. The Morgan fingerprint density at radius 2 is 1.06 bits per heavy atom. The standard InChI is InChI=1S/C40H68NO10P/c1-3-5-7-9-11-13-14-15-16-17-18-19-20-21-22-24-25-27-29-31-38(42)48-33-36(34-49-52(46,47)50-35-37(41)40(44)45)51-39(43)32-30-28-26-23-12-10-8-6-4-2/h11,13,15-16,18-19,21-22,25,27,36-37H,3-10,12,14,17,20,23-24,26,28-35,41H2,1-2H3,(H,44,45)(H,46,47)/b13-11+,16-15+,19-18+,22-21+,27-25+/t36-,37+/m0/s1. The largest absolute Gasteiger partial charge is 0.480 e. The third-order valence-electron chi connectivity index (χ3n) is 7.78. The Morgan fingerprint density at radius 1 is 0.596 bits per heavy atom. The molecule has 1 unspecified atom stereocenters. The molecule has 0 saturated heterocycles. The molecule has 0 aliphatic heterocycles. The monoisotopic (exact) mass is 753 g/mol. The van der Waals surface area contributed by atoms with Crippen LogP contribution in [0.4, 0.5) is 0 Å². The number of aliphatic carboxylic acids is 1. The summed E-state index contributed by atoms with van der Waals surface area (Å²) in [6.45, 7) is 2.64. The molecular weight excluding hydrogens is 685 g/mol. The average Bonchev–Trinajstić information content (AvgIpc) is 3.12. The maximum absolute atomic E-state index is 12.5. The van der Waals surface area contributed by atoms with E-state index in [2.05, 4.69) is 67.0 Å². The van der Waals surface area contributed by atoms with Crippen LogP contribution in [0, 0.1) is 0 Å². The zero-order valence-electron chi connectivity index (χ0n) is 31.9. The number of allylic oxidation sites excluding steroid dienone is 10. The Labute approximate surface area is 313 Å². The Kier molecular flexibility index (Phi) is 33.3. The van der Waals surface area contributed by atoms with Gasteiger partial charge in [-0.25, -0.2) is 4.57 Å². The van der Waals surface area contributed by atoms with Crippen molar-refractivity contribution in [1.82, 2.24) is 0 Å². The Balaban J connectivity index is 4.51. The summed E-state index contributed by atoms with van der Waals surface area (Å²) in [7, 11) is -4.72. The fourth-order valence-corrected chi connectivity index (χ4v) is 5.47. The number of nitrogens with two attached hydrogens (primary N) is 1. The number of hydrogen-bond acceptors (Lipinski definition) is 9. The Bertz CT molecular complexity index is 1120. The maximum atomic E-state index is 12.5. The van der Waals surface area contributed by atoms with Crippen molar-refractivity contribution in [2.45, 2.75) is 154 Å². The quantitative estimate of drug-likeness (QED) is 0.0244. The van der Waals surface area contributed by atoms with E-state index in [-0.39, 0.29) is 19.4 Å². The van der Waals surface area contributed by atoms with Gasteiger partial charge in [0.1, 0.15) is 12.6 Å². The third kappa shape index (κ3) is 34.3. The zero-order valence-corrected chi connectivity index (χ0v) is 32.8. The molecule has 0 aromatic heterocycles. The highest BCUT2D eigenvalue weighted by Gasteiger charge is 2.28. The zero-order chi connectivity index (χ0) is 38.5. The van der Waals surface area contributed by atoms with Crippen molar-refractivity contribution < 1.29 is 47.5 Å². The molecule has 4 N–H and O–H groups in total. The van der Waals surface area contributed by atoms with Gasteiger partial charge < -0.3 is 25.2 Å². The van der Waals surface area contributed by atoms with E-state index < -0.39 is 51.1 Å². The van der Waals surface area contributed by atoms with Crippen LogP contribution in [0.25, 0.3) is 0 Å². The molecule has 0 aromatic rings. The fraction of sp³-hybridized carbons (Fsp3) is 0.675. The van der Waals surface area contributed by atoms with Gasteiger partial charge in [-0.2, -0.15) is 0 Å². The molecule has 3 atom stereocenters. The van der Waals surface area contributed by atoms with Crippen molar-refractivity contribution in [2.75, 3.05) is 19.8 Å². The lowest BCUT2D eigenvalue weighted by Crippen LogP contribution is -2.34. The molecule has 52 heavy (non-hydrogen) atoms. The molecule has 0 amide bonds. The first-order chi connectivity index (χ1) is 25.1. The second-order valence-corrected chi connectivity index (χ2v) is 14.2. The van der Waals surface area contributed by atoms with Gasteiger partial charge in [-0.05, 0) is 51.4 Å². The lowest BCUT2D eigenvalue weighted by molar-refractivity contribution is -0.161. The third-order valence-corrected chi connectivity index (χ3v) is 8.73. The summed E-state index contributed by atoms with van der Waals surface area (Å²) >= 11 is 0. The van der Waals surface area contributed by atoms with Crippen molar-refractivity contribution in [3.05, 3.63) is 60.8 Å². The lowest BCUT2D eigenvalue weighted by atomic mass is 10.1. The minimum atomic E-state index is -4.72. The van der Waals surface area contributed by atoms with Crippen molar-refractivity contribution >= 4 is 25.7 Å². The van der Waals surface area contributed by atoms with Crippen LogP contribution < -0.4 is 5.73 Å². The molecule has 0 radical (unpaired) electrons. The van der Waals surface area contributed by atoms with Gasteiger partial charge in [0.05, 0.1) is 13.2 Å². The lowest BCUT2D eigenvalue weighted by Gasteiger charge is -2.20. The summed E-state index contributed by atoms with van der Waals surface area (Å²) in [6.07, 6.45) is 38.9. The molecule has 0 spiro atoms. The molecular formula is C40H68NO10P. The van der Waals surface area contributed by atoms with E-state index in [1.807, 2.05) is 12.2 Å². The molecule has 0 rings (SSSR count). The van der Waals surface area contributed by atoms with Crippen LogP contribution >= 0.6 is 7.82 Å². The number of rotatable bonds is 35. The molecule has 12 heteroatoms. The van der Waals surface area contributed by atoms with Gasteiger partial charge in [-0.3, -0.25) is 23.4 Å². The first-order valence-corrected chi connectivity index (χ1v) is 20.8. The van der Waals surface area contributed by atoms with Crippen LogP contribution in [0.2, 0.25) is 0 Å². The van der Waals surface area contributed by atoms with Crippen molar-refractivity contribution in [3.63, 3.8) is 0 Å². The van der Waals surface area contributed by atoms with Crippen molar-refractivity contribution in [3.8, 4) is 0 Å². The summed E-state index contributed by atoms with van der Waals surface area (Å²) in [5, 5.41) is 8.85. The van der Waals surface area contributed by atoms with E-state index in [0.717, 1.165) is 44.9 Å². The van der Waals surface area contributed by atoms with Gasteiger partial charge in [0.2, 0.25) is 0 Å². The smallest absolute Gasteiger partial charge is 0.472 e. The van der Waals surface area contributed by atoms with E-state index in [1.165, 1.54) is 57.8 Å². The van der Waals surface area contributed by atoms with Crippen LogP contribution in [0.15, 0.2) is 60.8 Å². The summed E-state index contributed by atoms with van der Waals surface area (Å²) in [4.78, 5) is 45.6. The van der Waals surface area contributed by atoms with Crippen LogP contribution in [-0.2, 0) is 37.5 Å². The van der Waals surface area contributed by atoms with Gasteiger partial charge in [0.15, 0.2) is 6.10 Å². The van der Waals surface area contributed by atoms with E-state index >= 15 is 0 Å². The number of carboxylic acids is 1. The predicted octanol–water partition coefficient (Wildman–Crippen LogP) is 9.61. The molecule has 0 aliphatic rings. The average molecular weight is 754 g/mol. The van der Waals surface area contributed by atoms with E-state index in [0.29, 0.717) is 12.8 Å². The van der Waals surface area contributed by atoms with Crippen molar-refractivity contribution in [2.24, 2.45) is 5.73 Å². The fourth-order valence-electron chi connectivity index (χ4n) is 4.69. The molecule has 0 fully saturated rings. The maximum Gasteiger partial charge on any atom is 0.472 e. The molecule has 0 heterocycles. The molecule has 0 aliphatic carbocycles. The van der Waals surface area contributed by atoms with E-state index in [1.54, 1.807) is 0 Å². The van der Waals surface area contributed by atoms with Crippen LogP contribution in [0.1, 0.15) is 142 Å². The minimum absolute atomic E-state index is 0.0970. The Hall–Kier alpha value is -2.82. The number of phosphoric acid groups is 1. The second-order valence-electron chi connectivity index (χ2n) is 12.7. The van der Waals surface area contributed by atoms with E-state index in [4.69, 9.17) is 24.8 Å². The number of carboxylic acid groups (broad SMARTS) is 1. The number of carbonyl (C=O) groups excluding carboxylic acids is 2. The first kappa shape index (κ1) is 49.2. The highest BCUT2D eigenvalue weighted by atomic mass is 31.2. The normalized spacial score (nSPS) is 14.5. The summed E-state index contributed by atoms with van der Waals surface area (Å²) < 4.78 is 32.4. The second kappa shape index (κ2) is 35.2. The van der Waals surface area contributed by atoms with Crippen LogP contribution in [-0.4, -0.2) is 59.9 Å². The minimum Gasteiger partial charge on any atom is -0.480 e. The highest BCUT2D eigenvalue weighted by Crippen LogP contribution is 2.43. The topological polar surface area (TPSA) is 172 Å². The first-order valence-electron chi connectivity index (χ1n) is 19.3. The molecule has 11 nitrogen and oxygen atoms in total. The van der Waals surface area contributed by atoms with Crippen LogP contribution in [0.5, 0.6) is 0 Å². The van der Waals surface area contributed by atoms with Gasteiger partial charge in [-0.1, -0.05) is 139 Å². The SMILES string of the molecule is CCCCC/C=C/C/C=C/C/C=C/C/C=C/C/C=C/CCC(=O)OC[C@@H](COP(=O)(O)OC[C@@H](N)C(=O)O)OC(=O)CCCCCCCCCCC. The predicted molar refractivity (Wildman–Crippen MR) is 208 cm³/mol. The van der Waals surface area contributed by atoms with Gasteiger partial charge in [0.25, 0.3) is 0 Å². The highest BCUT2D eigenvalue weighted by molar-refractivity contribution is 7.47. The Morgan fingerprint density at radius 3 is 1.60 bits per heavy atom. The van der Waals surface area contributed by atoms with Gasteiger partial charge in [-0.15, -0.1) is 0 Å². The number of ether oxygens (including phenoxy) is 2. The molecule has 0 bridgehead atoms. The number of hydrogen-bond donors (Lipinski definition) is 3. The number of carbonyl (C=O) groups is 3. The van der Waals surface area contributed by atoms with E-state index in [9.17, 15) is 23.8 Å². The van der Waals surface area contributed by atoms with Crippen LogP contribution in [0.3, 0.4) is 0 Å². The summed E-state index contributed by atoms with van der Waals surface area (Å²) in [5.41, 5.74) is 5.30. The molecule has 0 aromatic carbocycles. The summed E-state index contributed by atoms with van der Waals surface area (Å²) in [6, 6.07) is -1.53. The van der Waals surface area contributed by atoms with Gasteiger partial charge in [0, 0.05) is 12.8 Å². The number of unbranched alkanes of at least 4 members (excludes halogenated alkanes) is 11. The van der Waals surface area contributed by atoms with Gasteiger partial charge >= 0.3 is 25.7 Å². The van der Waals surface area contributed by atoms with Crippen molar-refractivity contribution in [1.29, 1.82) is 0 Å². The number of esters is 2. The summed E-state index contributed by atoms with van der Waals surface area (Å²) in [5.74, 6) is -2.49. The number of phosphoric ester groups is 1. The molecule has 298 valence electrons.